The fourth-order valence-electron chi connectivity index (χ4n) is 13.6. The maximum atomic E-state index is 13.8. The third kappa shape index (κ3) is 45.2. The molecule has 0 aromatic carbocycles. The van der Waals surface area contributed by atoms with Crippen molar-refractivity contribution in [3.8, 4) is 0 Å². The van der Waals surface area contributed by atoms with Crippen LogP contribution in [-0.4, -0.2) is 394 Å². The summed E-state index contributed by atoms with van der Waals surface area (Å²) in [6.07, 6.45) is -12.6. The van der Waals surface area contributed by atoms with Crippen molar-refractivity contribution in [1.29, 1.82) is 0 Å². The van der Waals surface area contributed by atoms with Crippen LogP contribution in [0.1, 0.15) is 130 Å². The van der Waals surface area contributed by atoms with Crippen LogP contribution in [0.15, 0.2) is 12.7 Å². The van der Waals surface area contributed by atoms with Crippen LogP contribution in [0.4, 0.5) is 5.82 Å². The van der Waals surface area contributed by atoms with Crippen molar-refractivity contribution in [3.63, 3.8) is 0 Å². The molecule has 786 valence electrons. The van der Waals surface area contributed by atoms with Crippen LogP contribution in [0.3, 0.4) is 0 Å². The second kappa shape index (κ2) is 61.7. The molecule has 0 bridgehead atoms. The molecule has 2 aromatic rings. The molecule has 135 heavy (non-hydrogen) atoms. The van der Waals surface area contributed by atoms with E-state index in [1.165, 1.54) is 38.0 Å². The lowest BCUT2D eigenvalue weighted by Gasteiger charge is -2.42. The number of rotatable bonds is 74. The van der Waals surface area contributed by atoms with E-state index in [4.69, 9.17) is 112 Å². The smallest absolute Gasteiger partial charge is 0.396 e. The van der Waals surface area contributed by atoms with E-state index in [0.29, 0.717) is 57.8 Å². The Morgan fingerprint density at radius 2 is 0.793 bits per heavy atom. The second-order valence-corrected chi connectivity index (χ2v) is 41.0. The van der Waals surface area contributed by atoms with Crippen molar-refractivity contribution in [2.24, 2.45) is 11.3 Å². The lowest BCUT2D eigenvalue weighted by Crippen LogP contribution is -2.64. The van der Waals surface area contributed by atoms with E-state index in [9.17, 15) is 122 Å². The summed E-state index contributed by atoms with van der Waals surface area (Å²) >= 11 is 0. The zero-order chi connectivity index (χ0) is 99.4. The van der Waals surface area contributed by atoms with Gasteiger partial charge >= 0.3 is 46.7 Å². The summed E-state index contributed by atoms with van der Waals surface area (Å²) in [5.74, 6) is -2.50. The Kier molecular flexibility index (Phi) is 54.9. The molecule has 0 saturated carbocycles. The first-order chi connectivity index (χ1) is 64.0. The van der Waals surface area contributed by atoms with Gasteiger partial charge in [0.2, 0.25) is 17.7 Å². The number of nitrogens with two attached hydrogens (primary N) is 1. The van der Waals surface area contributed by atoms with Crippen LogP contribution >= 0.6 is 46.7 Å². The number of nitrogens with one attached hydrogen (secondary N) is 3. The average Bonchev–Trinajstić information content (AvgIpc) is 1.62. The van der Waals surface area contributed by atoms with Crippen LogP contribution in [0.25, 0.3) is 11.2 Å². The molecule has 0 spiro atoms. The Morgan fingerprint density at radius 3 is 1.15 bits per heavy atom. The zero-order valence-electron chi connectivity index (χ0n) is 75.4. The van der Waals surface area contributed by atoms with E-state index < -0.39 is 292 Å². The first kappa shape index (κ1) is 120. The highest BCUT2D eigenvalue weighted by Gasteiger charge is 2.50. The molecule has 4 saturated heterocycles. The van der Waals surface area contributed by atoms with E-state index in [1.807, 2.05) is 0 Å². The highest BCUT2D eigenvalue weighted by Crippen LogP contribution is 2.51. The molecule has 21 N–H and O–H groups in total. The van der Waals surface area contributed by atoms with Gasteiger partial charge in [0, 0.05) is 79.4 Å². The maximum absolute atomic E-state index is 13.8. The summed E-state index contributed by atoms with van der Waals surface area (Å²) in [7, 11) is -28.4. The minimum atomic E-state index is -5.23. The molecule has 0 aliphatic carbocycles. The number of phosphoric acid groups is 5. The van der Waals surface area contributed by atoms with Gasteiger partial charge in [-0.05, 0) is 57.8 Å². The minimum absolute atomic E-state index is 0.0481. The molecule has 0 radical (unpaired) electrons. The first-order valence-electron chi connectivity index (χ1n) is 43.7. The standard InChI is InChI=1S/C73H136N8O48P6/c1-48(86)78-58-65(92)62(89)53(34-83)126-70(58)112-23-11-5-8-14-26-115-131(97,98)118-29-17-20-107-40-73(41-108-21-18-30-119-132(99,100)116-27-15-9-6-12-24-113-71-59(79-49(2)87)66(93)63(90)54(35-84)127-71,42-109-22-19-31-120-133(101,102)117-28-16-10-7-13-25-114-72-60(80-50(3)88)67(94)64(91)55(36-85)128-72)43-122-134(103,104)123-46-110-37-51(33-82)38-111-47-124-135(105,106)129-52-32-57(125-56(52)39-121-130(4,95)96)81-45-77-61-68(74)75-44-76-69(61)81/h44-45,51-60,62-67,70-72,82-85,89-94H,5-43,46-47H2,1-4H3,(H,78,86)(H,79,87)(H,80,88)(H,95,96)(H,97,98)(H,99,100)(H,101,102)(H,103,104)(H,105,106)(H2,74,75,76)/t51?,52-,53?,54?,55?,56+,57+,58-,59-,60-,62-,63-,64-,65?,66?,67?,70+,71+,72+,73?/m0/s1. The van der Waals surface area contributed by atoms with Crippen LogP contribution < -0.4 is 21.7 Å². The molecule has 6 rings (SSSR count). The number of hydrogen-bond donors (Lipinski definition) is 20. The van der Waals surface area contributed by atoms with E-state index in [1.54, 1.807) is 0 Å². The average molecular weight is 2080 g/mol. The summed E-state index contributed by atoms with van der Waals surface area (Å²) in [5, 5.41) is 109. The summed E-state index contributed by atoms with van der Waals surface area (Å²) < 4.78 is 205. The Hall–Kier alpha value is -3.42. The van der Waals surface area contributed by atoms with Crippen LogP contribution in [0.5, 0.6) is 0 Å². The fourth-order valence-corrected chi connectivity index (χ4v) is 17.9. The van der Waals surface area contributed by atoms with Crippen LogP contribution in [-0.2, 0) is 148 Å². The number of nitrogen functional groups attached to an aromatic ring is 1. The number of carbonyl (C=O) groups is 3. The lowest BCUT2D eigenvalue weighted by atomic mass is 9.92. The van der Waals surface area contributed by atoms with Crippen molar-refractivity contribution in [2.75, 3.05) is 178 Å². The first-order valence-corrected chi connectivity index (χ1v) is 53.2. The number of fused-ring (bicyclic) bond motifs is 1. The van der Waals surface area contributed by atoms with E-state index in [0.717, 1.165) is 6.66 Å². The van der Waals surface area contributed by atoms with Gasteiger partial charge in [0.05, 0.1) is 124 Å². The molecule has 6 heterocycles. The number of anilines is 1. The molecule has 62 heteroatoms. The largest absolute Gasteiger partial charge is 0.474 e. The zero-order valence-corrected chi connectivity index (χ0v) is 80.8. The quantitative estimate of drug-likeness (QED) is 0.0212. The van der Waals surface area contributed by atoms with Gasteiger partial charge < -0.3 is 163 Å². The van der Waals surface area contributed by atoms with Crippen molar-refractivity contribution >= 4 is 81.4 Å². The highest BCUT2D eigenvalue weighted by atomic mass is 31.2. The van der Waals surface area contributed by atoms with Crippen LogP contribution in [0, 0.1) is 11.3 Å². The molecule has 4 aliphatic heterocycles. The SMILES string of the molecule is CC(=O)N[C@H]1C(O)[C@@H](O)C(CO)O[C@H]1OCCCCCCOP(=O)(O)OCCCOCC(COCCCOP(=O)(O)OCCCCCCO[C@@H]1OC(CO)[C@H](O)C(O)[C@@H]1NC(C)=O)(COCCCOP(=O)(O)OCCCCCCO[C@@H]1OC(CO)[C@H](O)C(O)[C@@H]1NC(C)=O)COP(=O)(O)OCOCC(CO)COCOP(=O)(O)O[C@H]1C[C@H](n2cnc3c(N)ncnc32)O[C@@H]1COP(C)(=O)O. The van der Waals surface area contributed by atoms with Gasteiger partial charge in [-0.2, -0.15) is 0 Å². The Balaban J connectivity index is 1.04. The molecule has 25 atom stereocenters. The summed E-state index contributed by atoms with van der Waals surface area (Å²) in [4.78, 5) is 111. The van der Waals surface area contributed by atoms with Crippen molar-refractivity contribution < 1.29 is 229 Å². The van der Waals surface area contributed by atoms with Crippen molar-refractivity contribution in [2.45, 2.75) is 234 Å². The molecule has 3 amide bonds. The molecular weight excluding hydrogens is 1940 g/mol. The number of nitrogens with zero attached hydrogens (tertiary/aromatic N) is 4. The number of phosphoric ester groups is 5. The van der Waals surface area contributed by atoms with Crippen molar-refractivity contribution in [1.82, 2.24) is 35.5 Å². The fraction of sp³-hybridized carbons (Fsp3) is 0.890. The molecule has 13 unspecified atom stereocenters. The number of amides is 3. The Bertz CT molecular complexity index is 3800. The third-order valence-electron chi connectivity index (χ3n) is 20.5. The van der Waals surface area contributed by atoms with Gasteiger partial charge in [0.15, 0.2) is 43.9 Å². The number of aromatic nitrogens is 4. The maximum Gasteiger partial charge on any atom is 0.474 e. The number of aliphatic hydroxyl groups excluding tert-OH is 10. The Labute approximate surface area is 778 Å². The van der Waals surface area contributed by atoms with E-state index in [2.05, 4.69) is 30.9 Å². The van der Waals surface area contributed by atoms with Crippen molar-refractivity contribution in [3.05, 3.63) is 12.7 Å². The predicted molar refractivity (Wildman–Crippen MR) is 458 cm³/mol. The molecule has 2 aromatic heterocycles. The molecule has 4 fully saturated rings. The van der Waals surface area contributed by atoms with Gasteiger partial charge in [-0.1, -0.05) is 38.5 Å². The normalized spacial score (nSPS) is 27.9. The van der Waals surface area contributed by atoms with Gasteiger partial charge in [-0.15, -0.1) is 0 Å². The highest BCUT2D eigenvalue weighted by molar-refractivity contribution is 7.52. The predicted octanol–water partition coefficient (Wildman–Crippen LogP) is -1.11. The number of ether oxygens (including phenoxy) is 12. The van der Waals surface area contributed by atoms with Gasteiger partial charge in [0.25, 0.3) is 0 Å². The topological polar surface area (TPSA) is 795 Å². The molecular formula is C73H136N8O48P6. The van der Waals surface area contributed by atoms with Crippen LogP contribution in [0.2, 0.25) is 0 Å². The minimum Gasteiger partial charge on any atom is -0.396 e. The number of unbranched alkanes of at least 4 members (excludes halogenated alkanes) is 9. The lowest BCUT2D eigenvalue weighted by molar-refractivity contribution is -0.270. The number of carbonyl (C=O) groups excluding carboxylic acids is 3. The number of aliphatic hydroxyl groups is 10. The Morgan fingerprint density at radius 1 is 0.437 bits per heavy atom. The van der Waals surface area contributed by atoms with Gasteiger partial charge in [-0.3, -0.25) is 68.8 Å². The second-order valence-electron chi connectivity index (χ2n) is 32.0. The number of hydrogen-bond acceptors (Lipinski definition) is 46. The van der Waals surface area contributed by atoms with E-state index >= 15 is 0 Å². The van der Waals surface area contributed by atoms with Gasteiger partial charge in [0.1, 0.15) is 103 Å². The van der Waals surface area contributed by atoms with E-state index in [-0.39, 0.29) is 121 Å². The molecule has 56 nitrogen and oxygen atoms in total. The monoisotopic (exact) mass is 2080 g/mol. The molecule has 4 aliphatic rings. The number of imidazole rings is 1. The summed E-state index contributed by atoms with van der Waals surface area (Å²) in [6.45, 7) is -6.25. The third-order valence-corrected chi connectivity index (χ3v) is 26.0. The summed E-state index contributed by atoms with van der Waals surface area (Å²) in [5.41, 5.74) is 4.71. The van der Waals surface area contributed by atoms with Gasteiger partial charge in [-0.25, -0.2) is 37.8 Å². The summed E-state index contributed by atoms with van der Waals surface area (Å²) in [6, 6.07) is -3.42.